The summed E-state index contributed by atoms with van der Waals surface area (Å²) in [5, 5.41) is 37.4. The van der Waals surface area contributed by atoms with Gasteiger partial charge in [-0.05, 0) is 286 Å². The lowest BCUT2D eigenvalue weighted by Gasteiger charge is -2.19. The third-order valence-electron chi connectivity index (χ3n) is 26.1. The summed E-state index contributed by atoms with van der Waals surface area (Å²) >= 11 is 0. The Morgan fingerprint density at radius 2 is 0.547 bits per heavy atom. The molecule has 694 valence electrons. The van der Waals surface area contributed by atoms with E-state index in [0.717, 1.165) is 86.4 Å². The molecule has 0 fully saturated rings. The molecule has 0 aliphatic carbocycles. The Balaban J connectivity index is 0.000000142. The van der Waals surface area contributed by atoms with Crippen LogP contribution >= 0.6 is 0 Å². The zero-order valence-electron chi connectivity index (χ0n) is 84.9. The van der Waals surface area contributed by atoms with Crippen molar-refractivity contribution in [1.29, 1.82) is 0 Å². The molecule has 18 aromatic rings. The van der Waals surface area contributed by atoms with Gasteiger partial charge in [-0.15, -0.1) is 40.8 Å². The molecule has 0 radical (unpaired) electrons. The maximum atomic E-state index is 4.80. The molecule has 0 amide bonds. The minimum absolute atomic E-state index is 0.111. The molecular formula is C125H134N12. The lowest BCUT2D eigenvalue weighted by molar-refractivity contribution is 0.590. The highest BCUT2D eigenvalue weighted by molar-refractivity contribution is 5.84. The average Bonchev–Trinajstić information content (AvgIpc) is 1.62. The van der Waals surface area contributed by atoms with Crippen LogP contribution in [0.3, 0.4) is 0 Å². The van der Waals surface area contributed by atoms with Crippen molar-refractivity contribution < 1.29 is 0 Å². The van der Waals surface area contributed by atoms with E-state index >= 15 is 0 Å². The molecular weight excluding hydrogens is 1670 g/mol. The van der Waals surface area contributed by atoms with Crippen molar-refractivity contribution in [3.8, 4) is 135 Å². The van der Waals surface area contributed by atoms with Crippen molar-refractivity contribution in [2.75, 3.05) is 0 Å². The van der Waals surface area contributed by atoms with E-state index in [4.69, 9.17) is 20.4 Å². The van der Waals surface area contributed by atoms with Gasteiger partial charge in [0.25, 0.3) is 0 Å². The quantitative estimate of drug-likeness (QED) is 0.0615. The topological polar surface area (TPSA) is 123 Å². The Labute approximate surface area is 814 Å². The molecule has 4 heterocycles. The number of aromatic nitrogens is 12. The largest absolute Gasteiger partial charge is 0.278 e. The molecule has 14 aromatic carbocycles. The zero-order valence-corrected chi connectivity index (χ0v) is 84.9. The smallest absolute Gasteiger partial charge is 0.169 e. The first-order chi connectivity index (χ1) is 65.8. The van der Waals surface area contributed by atoms with Crippen LogP contribution < -0.4 is 0 Å². The van der Waals surface area contributed by atoms with Gasteiger partial charge in [-0.3, -0.25) is 18.3 Å². The molecule has 12 nitrogen and oxygen atoms in total. The molecule has 0 atom stereocenters. The van der Waals surface area contributed by atoms with Crippen LogP contribution in [0.5, 0.6) is 0 Å². The van der Waals surface area contributed by atoms with Crippen LogP contribution in [0, 0.1) is 96.9 Å². The first-order valence-electron chi connectivity index (χ1n) is 48.9. The molecule has 0 unspecified atom stereocenters. The molecule has 0 aliphatic heterocycles. The van der Waals surface area contributed by atoms with Crippen molar-refractivity contribution >= 4 is 0 Å². The molecule has 4 aromatic heterocycles. The molecule has 0 saturated heterocycles. The highest BCUT2D eigenvalue weighted by atomic mass is 15.3. The highest BCUT2D eigenvalue weighted by Gasteiger charge is 2.28. The maximum absolute atomic E-state index is 4.80. The molecule has 12 heteroatoms. The van der Waals surface area contributed by atoms with Gasteiger partial charge in [-0.2, -0.15) is 0 Å². The minimum atomic E-state index is 0.111. The molecule has 0 spiro atoms. The Kier molecular flexibility index (Phi) is 30.3. The second-order valence-electron chi connectivity index (χ2n) is 39.5. The number of aryl methyl sites for hydroxylation is 15. The van der Waals surface area contributed by atoms with Crippen molar-refractivity contribution in [2.45, 2.75) is 221 Å². The zero-order chi connectivity index (χ0) is 97.2. The third-order valence-corrected chi connectivity index (χ3v) is 26.1. The summed E-state index contributed by atoms with van der Waals surface area (Å²) in [5.41, 5.74) is 42.5. The monoisotopic (exact) mass is 1800 g/mol. The maximum Gasteiger partial charge on any atom is 0.169 e. The van der Waals surface area contributed by atoms with E-state index in [0.29, 0.717) is 0 Å². The summed E-state index contributed by atoms with van der Waals surface area (Å²) in [6.45, 7) is 52.5. The highest BCUT2D eigenvalue weighted by Crippen LogP contribution is 2.42. The fourth-order valence-corrected chi connectivity index (χ4v) is 19.5. The van der Waals surface area contributed by atoms with Crippen molar-refractivity contribution in [2.24, 2.45) is 0 Å². The van der Waals surface area contributed by atoms with Crippen LogP contribution in [0.25, 0.3) is 135 Å². The SMILES string of the molecule is CCCCCCc1cc(C)c(-n2c(-c3ccccc3)nnc2-c2c(C)cccc2C)c(C)c1.Cc1cc(-c2ccccc2)cc(C)c1-n1c(-c2ccccc2)nnc1C(C)C.Cc1cc(C)c(-n2c(-c3cccc(-c4ccccc4C)c3)nnc2C(C)C)c(C)c1.Cc1ccc(-c2cc(-c3ccc(C(C)(C)C)cc3)cc(-c3cccc(-c4nnc(C(C)C)n4-c4c(C)cc(C)cc4C)c3)c2)cc1. The second kappa shape index (κ2) is 42.7. The van der Waals surface area contributed by atoms with Gasteiger partial charge in [-0.25, -0.2) is 0 Å². The summed E-state index contributed by atoms with van der Waals surface area (Å²) in [4.78, 5) is 0. The average molecular weight is 1800 g/mol. The first-order valence-corrected chi connectivity index (χ1v) is 48.9. The second-order valence-corrected chi connectivity index (χ2v) is 39.5. The van der Waals surface area contributed by atoms with E-state index in [2.05, 4.69) is 478 Å². The van der Waals surface area contributed by atoms with Gasteiger partial charge in [0.05, 0.1) is 22.7 Å². The molecule has 18 rings (SSSR count). The normalized spacial score (nSPS) is 11.4. The van der Waals surface area contributed by atoms with Gasteiger partial charge in [0, 0.05) is 45.6 Å². The third kappa shape index (κ3) is 21.8. The Bertz CT molecular complexity index is 7160. The molecule has 0 N–H and O–H groups in total. The van der Waals surface area contributed by atoms with Crippen molar-refractivity contribution in [1.82, 2.24) is 59.1 Å². The number of hydrogen-bond acceptors (Lipinski definition) is 8. The van der Waals surface area contributed by atoms with Gasteiger partial charge < -0.3 is 0 Å². The van der Waals surface area contributed by atoms with Gasteiger partial charge in [-0.1, -0.05) is 360 Å². The standard InChI is InChI=1S/C43H45N3.C30H35N3.C27H29N3.C25H25N3/c1-27(2)41-44-45-42(46(41)40-30(5)21-29(4)22-31(40)6)35-12-10-11-34(23-35)38-25-36(32-15-13-28(3)14-16-32)24-37(26-38)33-17-19-39(20-18-33)43(7,8)9;1-6-7-8-10-16-25-19-23(4)28(24(5)20-25)33-29(26-17-11-9-12-18-26)31-32-30(33)27-21(2)14-13-15-22(27)3;1-17(2)26-28-29-27(30(26)25-20(5)14-18(3)15-21(25)6)23-12-9-11-22(16-23)24-13-8-7-10-19(24)4;1-17(2)24-26-27-25(21-13-9-6-10-14-21)28(24)23-18(3)15-22(16-19(23)4)20-11-7-5-8-12-20/h10-27H,1-9H3;9,11-15,17-20H,6-8,10,16H2,1-5H3;7-17H,1-6H3;5-17H,1-4H3. The van der Waals surface area contributed by atoms with Crippen LogP contribution in [-0.2, 0) is 11.8 Å². The molecule has 0 bridgehead atoms. The van der Waals surface area contributed by atoms with Crippen LogP contribution in [0.15, 0.2) is 297 Å². The first kappa shape index (κ1) is 97.2. The predicted octanol–water partition coefficient (Wildman–Crippen LogP) is 32.8. The van der Waals surface area contributed by atoms with Crippen molar-refractivity contribution in [3.63, 3.8) is 0 Å². The molecule has 137 heavy (non-hydrogen) atoms. The Morgan fingerprint density at radius 1 is 0.234 bits per heavy atom. The predicted molar refractivity (Wildman–Crippen MR) is 575 cm³/mol. The summed E-state index contributed by atoms with van der Waals surface area (Å²) in [6, 6.07) is 107. The fourth-order valence-electron chi connectivity index (χ4n) is 19.5. The number of benzene rings is 14. The number of rotatable bonds is 22. The molecule has 0 saturated carbocycles. The summed E-state index contributed by atoms with van der Waals surface area (Å²) in [7, 11) is 0. The lowest BCUT2D eigenvalue weighted by atomic mass is 9.85. The van der Waals surface area contributed by atoms with Gasteiger partial charge in [0.15, 0.2) is 29.1 Å². The summed E-state index contributed by atoms with van der Waals surface area (Å²) in [6.07, 6.45) is 6.28. The van der Waals surface area contributed by atoms with Gasteiger partial charge in [0.1, 0.15) is 17.5 Å². The van der Waals surface area contributed by atoms with Crippen molar-refractivity contribution in [3.05, 3.63) is 404 Å². The van der Waals surface area contributed by atoms with E-state index in [9.17, 15) is 0 Å². The van der Waals surface area contributed by atoms with Crippen LogP contribution in [0.1, 0.15) is 219 Å². The molecule has 0 aliphatic rings. The lowest BCUT2D eigenvalue weighted by Crippen LogP contribution is -2.10. The number of hydrogen-bond donors (Lipinski definition) is 0. The van der Waals surface area contributed by atoms with Gasteiger partial charge >= 0.3 is 0 Å². The fraction of sp³-hybridized carbons (Fsp3) is 0.264. The van der Waals surface area contributed by atoms with Gasteiger partial charge in [0.2, 0.25) is 0 Å². The summed E-state index contributed by atoms with van der Waals surface area (Å²) in [5.74, 6) is 8.16. The number of nitrogens with zero attached hydrogens (tertiary/aromatic N) is 12. The van der Waals surface area contributed by atoms with Crippen LogP contribution in [-0.4, -0.2) is 59.1 Å². The minimum Gasteiger partial charge on any atom is -0.278 e. The van der Waals surface area contributed by atoms with Crippen LogP contribution in [0.4, 0.5) is 0 Å². The van der Waals surface area contributed by atoms with E-state index in [1.807, 2.05) is 24.3 Å². The van der Waals surface area contributed by atoms with E-state index in [1.54, 1.807) is 0 Å². The van der Waals surface area contributed by atoms with E-state index in [-0.39, 0.29) is 23.2 Å². The Morgan fingerprint density at radius 3 is 0.985 bits per heavy atom. The van der Waals surface area contributed by atoms with E-state index < -0.39 is 0 Å². The number of unbranched alkanes of at least 4 members (excludes halogenated alkanes) is 3. The summed E-state index contributed by atoms with van der Waals surface area (Å²) < 4.78 is 9.04. The van der Waals surface area contributed by atoms with E-state index in [1.165, 1.54) is 188 Å². The van der Waals surface area contributed by atoms with Crippen LogP contribution in [0.2, 0.25) is 0 Å². The Hall–Kier alpha value is -14.4.